The van der Waals surface area contributed by atoms with Crippen molar-refractivity contribution in [2.45, 2.75) is 20.3 Å². The zero-order valence-corrected chi connectivity index (χ0v) is 11.2. The lowest BCUT2D eigenvalue weighted by Gasteiger charge is -2.27. The number of carbonyl (C=O) groups is 2. The van der Waals surface area contributed by atoms with Crippen LogP contribution in [0.3, 0.4) is 0 Å². The molecule has 1 heterocycles. The minimum atomic E-state index is -0.581. The molecule has 1 rings (SSSR count). The van der Waals surface area contributed by atoms with Gasteiger partial charge in [0, 0.05) is 32.6 Å². The first-order valence-corrected chi connectivity index (χ1v) is 6.31. The molecule has 0 aromatic carbocycles. The normalized spacial score (nSPS) is 16.5. The van der Waals surface area contributed by atoms with Crippen LogP contribution >= 0.6 is 0 Å². The van der Waals surface area contributed by atoms with Gasteiger partial charge in [-0.25, -0.2) is 0 Å². The smallest absolute Gasteiger partial charge is 0.226 e. The van der Waals surface area contributed by atoms with Gasteiger partial charge in [0.2, 0.25) is 11.8 Å². The van der Waals surface area contributed by atoms with Crippen molar-refractivity contribution in [3.63, 3.8) is 0 Å². The fourth-order valence-corrected chi connectivity index (χ4v) is 1.59. The van der Waals surface area contributed by atoms with E-state index in [0.717, 1.165) is 0 Å². The number of amides is 2. The highest BCUT2D eigenvalue weighted by Gasteiger charge is 2.25. The van der Waals surface area contributed by atoms with E-state index in [1.165, 1.54) is 0 Å². The van der Waals surface area contributed by atoms with Crippen molar-refractivity contribution >= 4 is 11.8 Å². The van der Waals surface area contributed by atoms with Crippen LogP contribution in [0.25, 0.3) is 0 Å². The van der Waals surface area contributed by atoms with Gasteiger partial charge in [-0.2, -0.15) is 0 Å². The highest BCUT2D eigenvalue weighted by molar-refractivity contribution is 5.83. The van der Waals surface area contributed by atoms with E-state index in [9.17, 15) is 9.59 Å². The predicted octanol–water partition coefficient (Wildman–Crippen LogP) is -0.664. The van der Waals surface area contributed by atoms with Gasteiger partial charge in [-0.15, -0.1) is 0 Å². The molecule has 0 spiro atoms. The molecule has 1 aliphatic rings. The number of hydrogen-bond acceptors (Lipinski definition) is 4. The molecule has 1 fully saturated rings. The monoisotopic (exact) mass is 257 g/mol. The summed E-state index contributed by atoms with van der Waals surface area (Å²) in [6, 6.07) is 0. The summed E-state index contributed by atoms with van der Waals surface area (Å²) in [6.45, 7) is 6.69. The second-order valence-corrected chi connectivity index (χ2v) is 5.09. The van der Waals surface area contributed by atoms with Gasteiger partial charge >= 0.3 is 0 Å². The average Bonchev–Trinajstić information content (AvgIpc) is 2.39. The van der Waals surface area contributed by atoms with E-state index < -0.39 is 5.41 Å². The Morgan fingerprint density at radius 2 is 1.94 bits per heavy atom. The van der Waals surface area contributed by atoms with Crippen molar-refractivity contribution in [2.75, 3.05) is 39.4 Å². The van der Waals surface area contributed by atoms with Crippen LogP contribution in [0.15, 0.2) is 0 Å². The summed E-state index contributed by atoms with van der Waals surface area (Å²) in [6.07, 6.45) is 0.326. The maximum atomic E-state index is 11.8. The molecular formula is C12H23N3O3. The Kier molecular flexibility index (Phi) is 5.55. The molecule has 18 heavy (non-hydrogen) atoms. The minimum absolute atomic E-state index is 0.0594. The number of nitrogens with one attached hydrogen (secondary N) is 1. The molecule has 6 nitrogen and oxygen atoms in total. The van der Waals surface area contributed by atoms with Crippen LogP contribution in [-0.4, -0.2) is 56.1 Å². The second kappa shape index (κ2) is 6.70. The number of ether oxygens (including phenoxy) is 1. The van der Waals surface area contributed by atoms with Crippen molar-refractivity contribution in [3.05, 3.63) is 0 Å². The second-order valence-electron chi connectivity index (χ2n) is 5.09. The summed E-state index contributed by atoms with van der Waals surface area (Å²) in [7, 11) is 0. The van der Waals surface area contributed by atoms with Crippen molar-refractivity contribution < 1.29 is 14.3 Å². The van der Waals surface area contributed by atoms with E-state index in [2.05, 4.69) is 5.32 Å². The predicted molar refractivity (Wildman–Crippen MR) is 67.9 cm³/mol. The zero-order chi connectivity index (χ0) is 13.6. The van der Waals surface area contributed by atoms with Gasteiger partial charge in [-0.1, -0.05) is 0 Å². The van der Waals surface area contributed by atoms with Crippen molar-refractivity contribution in [1.82, 2.24) is 10.2 Å². The van der Waals surface area contributed by atoms with Crippen LogP contribution < -0.4 is 11.1 Å². The van der Waals surface area contributed by atoms with Crippen LogP contribution in [0.5, 0.6) is 0 Å². The number of nitrogens with two attached hydrogens (primary N) is 1. The molecule has 1 aliphatic heterocycles. The first-order chi connectivity index (χ1) is 8.47. The summed E-state index contributed by atoms with van der Waals surface area (Å²) >= 11 is 0. The van der Waals surface area contributed by atoms with E-state index in [0.29, 0.717) is 39.3 Å². The van der Waals surface area contributed by atoms with Crippen molar-refractivity contribution in [3.8, 4) is 0 Å². The lowest BCUT2D eigenvalue weighted by molar-refractivity contribution is -0.135. The van der Waals surface area contributed by atoms with E-state index >= 15 is 0 Å². The zero-order valence-electron chi connectivity index (χ0n) is 11.2. The van der Waals surface area contributed by atoms with Gasteiger partial charge in [-0.3, -0.25) is 9.59 Å². The lowest BCUT2D eigenvalue weighted by atomic mass is 9.93. The Morgan fingerprint density at radius 3 is 2.50 bits per heavy atom. The van der Waals surface area contributed by atoms with Gasteiger partial charge < -0.3 is 20.7 Å². The number of morpholine rings is 1. The fourth-order valence-electron chi connectivity index (χ4n) is 1.59. The highest BCUT2D eigenvalue weighted by Crippen LogP contribution is 2.11. The minimum Gasteiger partial charge on any atom is -0.378 e. The summed E-state index contributed by atoms with van der Waals surface area (Å²) in [5.41, 5.74) is 4.92. The summed E-state index contributed by atoms with van der Waals surface area (Å²) in [4.78, 5) is 25.3. The number of hydrogen-bond donors (Lipinski definition) is 2. The molecule has 0 unspecified atom stereocenters. The van der Waals surface area contributed by atoms with Crippen LogP contribution in [0.1, 0.15) is 20.3 Å². The van der Waals surface area contributed by atoms with Gasteiger partial charge in [0.15, 0.2) is 0 Å². The Hall–Kier alpha value is -1.14. The third-order valence-corrected chi connectivity index (χ3v) is 3.11. The third-order valence-electron chi connectivity index (χ3n) is 3.11. The quantitative estimate of drug-likeness (QED) is 0.684. The summed E-state index contributed by atoms with van der Waals surface area (Å²) in [5, 5.41) is 2.75. The van der Waals surface area contributed by atoms with Gasteiger partial charge in [0.25, 0.3) is 0 Å². The van der Waals surface area contributed by atoms with Crippen LogP contribution in [-0.2, 0) is 14.3 Å². The van der Waals surface area contributed by atoms with Crippen molar-refractivity contribution in [1.29, 1.82) is 0 Å². The molecule has 0 aromatic rings. The standard InChI is InChI=1S/C12H23N3O3/c1-12(2,9-13)11(17)14-4-3-10(16)15-5-7-18-8-6-15/h3-9,13H2,1-2H3,(H,14,17). The van der Waals surface area contributed by atoms with Crippen LogP contribution in [0.4, 0.5) is 0 Å². The molecule has 104 valence electrons. The number of carbonyl (C=O) groups excluding carboxylic acids is 2. The highest BCUT2D eigenvalue weighted by atomic mass is 16.5. The van der Waals surface area contributed by atoms with Crippen LogP contribution in [0.2, 0.25) is 0 Å². The first-order valence-electron chi connectivity index (χ1n) is 6.31. The molecule has 3 N–H and O–H groups in total. The third kappa shape index (κ3) is 4.27. The number of rotatable bonds is 5. The molecule has 1 saturated heterocycles. The number of nitrogens with zero attached hydrogens (tertiary/aromatic N) is 1. The van der Waals surface area contributed by atoms with E-state index in [1.54, 1.807) is 18.7 Å². The Labute approximate surface area is 108 Å². The van der Waals surface area contributed by atoms with Gasteiger partial charge in [-0.05, 0) is 13.8 Å². The molecule has 2 amide bonds. The Bertz CT molecular complexity index is 299. The molecule has 0 radical (unpaired) electrons. The van der Waals surface area contributed by atoms with Crippen LogP contribution in [0, 0.1) is 5.41 Å². The SMILES string of the molecule is CC(C)(CN)C(=O)NCCC(=O)N1CCOCC1. The molecule has 6 heteroatoms. The van der Waals surface area contributed by atoms with E-state index in [-0.39, 0.29) is 18.4 Å². The topological polar surface area (TPSA) is 84.7 Å². The Morgan fingerprint density at radius 1 is 1.33 bits per heavy atom. The molecule has 0 atom stereocenters. The molecular weight excluding hydrogens is 234 g/mol. The lowest BCUT2D eigenvalue weighted by Crippen LogP contribution is -2.44. The fraction of sp³-hybridized carbons (Fsp3) is 0.833. The summed E-state index contributed by atoms with van der Waals surface area (Å²) < 4.78 is 5.17. The average molecular weight is 257 g/mol. The van der Waals surface area contributed by atoms with E-state index in [1.807, 2.05) is 0 Å². The molecule has 0 aromatic heterocycles. The van der Waals surface area contributed by atoms with E-state index in [4.69, 9.17) is 10.5 Å². The maximum absolute atomic E-state index is 11.8. The largest absolute Gasteiger partial charge is 0.378 e. The summed E-state index contributed by atoms with van der Waals surface area (Å²) in [5.74, 6) is -0.0519. The first kappa shape index (κ1) is 14.9. The molecule has 0 saturated carbocycles. The molecule has 0 bridgehead atoms. The molecule has 0 aliphatic carbocycles. The van der Waals surface area contributed by atoms with Gasteiger partial charge in [0.1, 0.15) is 0 Å². The Balaban J connectivity index is 2.24. The van der Waals surface area contributed by atoms with Crippen molar-refractivity contribution in [2.24, 2.45) is 11.1 Å². The maximum Gasteiger partial charge on any atom is 0.226 e. The van der Waals surface area contributed by atoms with Gasteiger partial charge in [0.05, 0.1) is 18.6 Å².